The molecule has 1 aliphatic carbocycles. The fourth-order valence-corrected chi connectivity index (χ4v) is 3.55. The van der Waals surface area contributed by atoms with E-state index in [4.69, 9.17) is 5.73 Å². The lowest BCUT2D eigenvalue weighted by atomic mass is 9.80. The minimum atomic E-state index is -0.109. The van der Waals surface area contributed by atoms with Crippen molar-refractivity contribution < 1.29 is 4.79 Å². The van der Waals surface area contributed by atoms with E-state index in [2.05, 4.69) is 23.3 Å². The van der Waals surface area contributed by atoms with Crippen molar-refractivity contribution in [3.63, 3.8) is 0 Å². The Kier molecular flexibility index (Phi) is 4.71. The number of benzene rings is 1. The summed E-state index contributed by atoms with van der Waals surface area (Å²) in [4.78, 5) is 15.7. The molecule has 5 nitrogen and oxygen atoms in total. The van der Waals surface area contributed by atoms with Crippen LogP contribution in [0.5, 0.6) is 0 Å². The van der Waals surface area contributed by atoms with Gasteiger partial charge in [-0.15, -0.1) is 0 Å². The van der Waals surface area contributed by atoms with Crippen molar-refractivity contribution in [3.05, 3.63) is 41.1 Å². The van der Waals surface area contributed by atoms with E-state index < -0.39 is 0 Å². The molecule has 0 radical (unpaired) electrons. The molecule has 0 aliphatic heterocycles. The van der Waals surface area contributed by atoms with E-state index in [-0.39, 0.29) is 5.91 Å². The van der Waals surface area contributed by atoms with Crippen molar-refractivity contribution in [2.75, 3.05) is 11.1 Å². The number of rotatable bonds is 3. The standard InChI is InChI=1S/C20H22N4O/c1-3-13-4-9-18-16(10-13)19(17(11-21)20(22)24-18)14-5-7-15(8-6-14)23-12(2)25/h5-8,13H,3-4,9-10H2,1-2H3,(H2,22,24)(H,23,25). The number of fused-ring (bicyclic) bond motifs is 1. The first-order valence-electron chi connectivity index (χ1n) is 8.62. The van der Waals surface area contributed by atoms with Gasteiger partial charge >= 0.3 is 0 Å². The number of nitrogens with zero attached hydrogens (tertiary/aromatic N) is 2. The molecule has 1 heterocycles. The van der Waals surface area contributed by atoms with Crippen molar-refractivity contribution in [1.29, 1.82) is 5.26 Å². The zero-order valence-electron chi connectivity index (χ0n) is 14.6. The highest BCUT2D eigenvalue weighted by molar-refractivity contribution is 5.89. The van der Waals surface area contributed by atoms with Crippen molar-refractivity contribution >= 4 is 17.4 Å². The third-order valence-electron chi connectivity index (χ3n) is 4.88. The van der Waals surface area contributed by atoms with Gasteiger partial charge in [-0.2, -0.15) is 5.26 Å². The highest BCUT2D eigenvalue weighted by atomic mass is 16.1. The van der Waals surface area contributed by atoms with Crippen LogP contribution in [0.4, 0.5) is 11.5 Å². The first-order chi connectivity index (χ1) is 12.0. The molecule has 1 aromatic carbocycles. The summed E-state index contributed by atoms with van der Waals surface area (Å²) in [6, 6.07) is 9.79. The molecule has 0 saturated heterocycles. The van der Waals surface area contributed by atoms with Gasteiger partial charge in [0.15, 0.2) is 0 Å². The number of nitrogens with two attached hydrogens (primary N) is 1. The van der Waals surface area contributed by atoms with E-state index in [1.165, 1.54) is 6.92 Å². The number of nitrogen functional groups attached to an aromatic ring is 1. The van der Waals surface area contributed by atoms with Crippen LogP contribution >= 0.6 is 0 Å². The summed E-state index contributed by atoms with van der Waals surface area (Å²) in [5, 5.41) is 12.4. The fraction of sp³-hybridized carbons (Fsp3) is 0.350. The molecule has 5 heteroatoms. The molecule has 1 unspecified atom stereocenters. The maximum atomic E-state index is 11.2. The Morgan fingerprint density at radius 1 is 1.40 bits per heavy atom. The fourth-order valence-electron chi connectivity index (χ4n) is 3.55. The number of pyridine rings is 1. The molecule has 0 fully saturated rings. The smallest absolute Gasteiger partial charge is 0.221 e. The molecule has 1 aliphatic rings. The second-order valence-electron chi connectivity index (χ2n) is 6.56. The van der Waals surface area contributed by atoms with Gasteiger partial charge in [-0.25, -0.2) is 4.98 Å². The van der Waals surface area contributed by atoms with Gasteiger partial charge in [0.05, 0.1) is 0 Å². The quantitative estimate of drug-likeness (QED) is 0.895. The monoisotopic (exact) mass is 334 g/mol. The zero-order valence-corrected chi connectivity index (χ0v) is 14.6. The van der Waals surface area contributed by atoms with Crippen LogP contribution < -0.4 is 11.1 Å². The van der Waals surface area contributed by atoms with Gasteiger partial charge in [-0.1, -0.05) is 25.5 Å². The lowest BCUT2D eigenvalue weighted by Crippen LogP contribution is -2.18. The van der Waals surface area contributed by atoms with Crippen molar-refractivity contribution in [2.45, 2.75) is 39.5 Å². The van der Waals surface area contributed by atoms with E-state index in [1.54, 1.807) is 0 Å². The summed E-state index contributed by atoms with van der Waals surface area (Å²) in [5.41, 5.74) is 11.2. The third kappa shape index (κ3) is 3.34. The highest BCUT2D eigenvalue weighted by Crippen LogP contribution is 2.38. The molecule has 25 heavy (non-hydrogen) atoms. The van der Waals surface area contributed by atoms with Gasteiger partial charge in [0.1, 0.15) is 17.5 Å². The Hall–Kier alpha value is -2.87. The summed E-state index contributed by atoms with van der Waals surface area (Å²) in [6.07, 6.45) is 4.06. The van der Waals surface area contributed by atoms with Crippen molar-refractivity contribution in [3.8, 4) is 17.2 Å². The summed E-state index contributed by atoms with van der Waals surface area (Å²) >= 11 is 0. The van der Waals surface area contributed by atoms with Gasteiger partial charge in [-0.05, 0) is 48.4 Å². The van der Waals surface area contributed by atoms with Gasteiger partial charge in [0.2, 0.25) is 5.91 Å². The molecule has 3 rings (SSSR count). The number of nitriles is 1. The van der Waals surface area contributed by atoms with Gasteiger partial charge in [0, 0.05) is 23.9 Å². The molecule has 0 bridgehead atoms. The molecule has 2 aromatic rings. The normalized spacial score (nSPS) is 16.0. The van der Waals surface area contributed by atoms with E-state index >= 15 is 0 Å². The molecular formula is C20H22N4O. The summed E-state index contributed by atoms with van der Waals surface area (Å²) in [7, 11) is 0. The average molecular weight is 334 g/mol. The van der Waals surface area contributed by atoms with Crippen LogP contribution in [0.15, 0.2) is 24.3 Å². The minimum Gasteiger partial charge on any atom is -0.383 e. The second kappa shape index (κ2) is 6.94. The number of hydrogen-bond acceptors (Lipinski definition) is 4. The Labute approximate surface area is 147 Å². The first-order valence-corrected chi connectivity index (χ1v) is 8.62. The Morgan fingerprint density at radius 2 is 2.12 bits per heavy atom. The van der Waals surface area contributed by atoms with Crippen LogP contribution in [0, 0.1) is 17.2 Å². The van der Waals surface area contributed by atoms with Crippen LogP contribution in [0.25, 0.3) is 11.1 Å². The average Bonchev–Trinajstić information content (AvgIpc) is 2.60. The number of carbonyl (C=O) groups is 1. The second-order valence-corrected chi connectivity index (χ2v) is 6.56. The molecule has 0 saturated carbocycles. The van der Waals surface area contributed by atoms with Gasteiger partial charge in [0.25, 0.3) is 0 Å². The van der Waals surface area contributed by atoms with Crippen LogP contribution in [0.2, 0.25) is 0 Å². The Bertz CT molecular complexity index is 849. The lowest BCUT2D eigenvalue weighted by molar-refractivity contribution is -0.114. The molecule has 1 aromatic heterocycles. The number of aryl methyl sites for hydroxylation is 1. The Morgan fingerprint density at radius 3 is 2.72 bits per heavy atom. The summed E-state index contributed by atoms with van der Waals surface area (Å²) < 4.78 is 0. The van der Waals surface area contributed by atoms with Gasteiger partial charge < -0.3 is 11.1 Å². The number of amides is 1. The van der Waals surface area contributed by atoms with Crippen molar-refractivity contribution in [2.24, 2.45) is 5.92 Å². The largest absolute Gasteiger partial charge is 0.383 e. The lowest BCUT2D eigenvalue weighted by Gasteiger charge is -2.26. The van der Waals surface area contributed by atoms with E-state index in [9.17, 15) is 10.1 Å². The Balaban J connectivity index is 2.12. The number of nitrogens with one attached hydrogen (secondary N) is 1. The number of carbonyl (C=O) groups excluding carboxylic acids is 1. The van der Waals surface area contributed by atoms with Crippen molar-refractivity contribution in [1.82, 2.24) is 4.98 Å². The van der Waals surface area contributed by atoms with E-state index in [1.807, 2.05) is 24.3 Å². The van der Waals surface area contributed by atoms with Gasteiger partial charge in [-0.3, -0.25) is 4.79 Å². The van der Waals surface area contributed by atoms with Crippen LogP contribution in [-0.2, 0) is 17.6 Å². The number of aromatic nitrogens is 1. The highest BCUT2D eigenvalue weighted by Gasteiger charge is 2.25. The van der Waals surface area contributed by atoms with Crippen LogP contribution in [0.1, 0.15) is 43.5 Å². The zero-order chi connectivity index (χ0) is 18.0. The predicted octanol–water partition coefficient (Wildman–Crippen LogP) is 3.68. The summed E-state index contributed by atoms with van der Waals surface area (Å²) in [5.74, 6) is 0.806. The van der Waals surface area contributed by atoms with E-state index in [0.717, 1.165) is 53.8 Å². The SMILES string of the molecule is CCC1CCc2nc(N)c(C#N)c(-c3ccc(NC(C)=O)cc3)c2C1. The molecule has 1 amide bonds. The minimum absolute atomic E-state index is 0.109. The predicted molar refractivity (Wildman–Crippen MR) is 98.9 cm³/mol. The molecule has 0 spiro atoms. The van der Waals surface area contributed by atoms with Crippen LogP contribution in [-0.4, -0.2) is 10.9 Å². The van der Waals surface area contributed by atoms with E-state index in [0.29, 0.717) is 17.3 Å². The number of anilines is 2. The molecule has 128 valence electrons. The maximum Gasteiger partial charge on any atom is 0.221 e. The first kappa shape index (κ1) is 17.0. The third-order valence-corrected chi connectivity index (χ3v) is 4.88. The number of hydrogen-bond donors (Lipinski definition) is 2. The topological polar surface area (TPSA) is 91.8 Å². The maximum absolute atomic E-state index is 11.2. The molecule has 3 N–H and O–H groups in total. The van der Waals surface area contributed by atoms with Crippen LogP contribution in [0.3, 0.4) is 0 Å². The molecular weight excluding hydrogens is 312 g/mol. The molecule has 1 atom stereocenters. The summed E-state index contributed by atoms with van der Waals surface area (Å²) in [6.45, 7) is 3.68.